The number of rotatable bonds is 52. The summed E-state index contributed by atoms with van der Waals surface area (Å²) in [5.74, 6) is -1.09. The number of esters is 3. The van der Waals surface area contributed by atoms with Crippen molar-refractivity contribution in [2.45, 2.75) is 245 Å². The first kappa shape index (κ1) is 70.0. The van der Waals surface area contributed by atoms with Crippen LogP contribution in [-0.2, 0) is 28.6 Å². The van der Waals surface area contributed by atoms with Gasteiger partial charge in [-0.25, -0.2) is 0 Å². The lowest BCUT2D eigenvalue weighted by molar-refractivity contribution is -0.166. The van der Waals surface area contributed by atoms with Crippen LogP contribution < -0.4 is 0 Å². The molecule has 0 bridgehead atoms. The minimum Gasteiger partial charge on any atom is -0.462 e. The Morgan fingerprint density at radius 3 is 0.867 bits per heavy atom. The first-order valence-corrected chi connectivity index (χ1v) is 30.0. The maximum absolute atomic E-state index is 12.9. The van der Waals surface area contributed by atoms with Gasteiger partial charge >= 0.3 is 17.9 Å². The SMILES string of the molecule is CC/C=C\C/C=C\C/C=C\C/C=C\C/C=C\CC(=O)OCC(COC(=O)CCCCCCCCCCCCCC/C=C\C/C=C\C/C=C\C/C=C\CC)OC(=O)CCCCCC/C=C\C/C=C\C/C=C\C/C=C\CC. The quantitative estimate of drug-likeness (QED) is 0.0261. The van der Waals surface area contributed by atoms with Crippen molar-refractivity contribution in [3.63, 3.8) is 0 Å². The van der Waals surface area contributed by atoms with E-state index in [4.69, 9.17) is 14.2 Å². The third kappa shape index (κ3) is 59.8. The van der Waals surface area contributed by atoms with E-state index in [9.17, 15) is 14.4 Å². The Morgan fingerprint density at radius 2 is 0.533 bits per heavy atom. The Hall–Kier alpha value is -4.97. The summed E-state index contributed by atoms with van der Waals surface area (Å²) >= 11 is 0. The van der Waals surface area contributed by atoms with Gasteiger partial charge in [-0.15, -0.1) is 0 Å². The summed E-state index contributed by atoms with van der Waals surface area (Å²) in [6.45, 7) is 6.18. The van der Waals surface area contributed by atoms with Crippen molar-refractivity contribution in [2.24, 2.45) is 0 Å². The molecule has 0 saturated carbocycles. The molecule has 0 aliphatic carbocycles. The number of carbonyl (C=O) groups is 3. The Kier molecular flexibility index (Phi) is 57.5. The van der Waals surface area contributed by atoms with Gasteiger partial charge in [0.15, 0.2) is 6.10 Å². The number of ether oxygens (including phenoxy) is 3. The normalized spacial score (nSPS) is 13.3. The number of carbonyl (C=O) groups excluding carboxylic acids is 3. The van der Waals surface area contributed by atoms with Crippen LogP contribution in [0.25, 0.3) is 0 Å². The minimum absolute atomic E-state index is 0.114. The predicted octanol–water partition coefficient (Wildman–Crippen LogP) is 20.5. The zero-order chi connectivity index (χ0) is 54.3. The highest BCUT2D eigenvalue weighted by Gasteiger charge is 2.19. The third-order valence-electron chi connectivity index (χ3n) is 12.0. The molecule has 0 aromatic rings. The molecule has 6 nitrogen and oxygen atoms in total. The first-order chi connectivity index (χ1) is 37.0. The largest absolute Gasteiger partial charge is 0.462 e. The zero-order valence-corrected chi connectivity index (χ0v) is 48.0. The molecule has 0 saturated heterocycles. The van der Waals surface area contributed by atoms with Crippen LogP contribution in [0.3, 0.4) is 0 Å². The molecule has 1 atom stereocenters. The van der Waals surface area contributed by atoms with Crippen LogP contribution in [-0.4, -0.2) is 37.2 Å². The maximum atomic E-state index is 12.9. The molecule has 1 unspecified atom stereocenters. The van der Waals surface area contributed by atoms with Gasteiger partial charge in [0.05, 0.1) is 6.42 Å². The van der Waals surface area contributed by atoms with E-state index < -0.39 is 12.1 Å². The van der Waals surface area contributed by atoms with Gasteiger partial charge in [-0.2, -0.15) is 0 Å². The molecule has 0 aromatic carbocycles. The molecule has 75 heavy (non-hydrogen) atoms. The summed E-state index contributed by atoms with van der Waals surface area (Å²) in [6.07, 6.45) is 89.8. The van der Waals surface area contributed by atoms with Crippen molar-refractivity contribution in [3.05, 3.63) is 158 Å². The fourth-order valence-corrected chi connectivity index (χ4v) is 7.67. The summed E-state index contributed by atoms with van der Waals surface area (Å²) in [5.41, 5.74) is 0. The highest BCUT2D eigenvalue weighted by molar-refractivity contribution is 5.72. The van der Waals surface area contributed by atoms with Crippen LogP contribution >= 0.6 is 0 Å². The first-order valence-electron chi connectivity index (χ1n) is 30.0. The Bertz CT molecular complexity index is 1710. The van der Waals surface area contributed by atoms with Crippen LogP contribution in [0.5, 0.6) is 0 Å². The van der Waals surface area contributed by atoms with Crippen molar-refractivity contribution in [2.75, 3.05) is 13.2 Å². The summed E-state index contributed by atoms with van der Waals surface area (Å²) in [6, 6.07) is 0. The molecule has 420 valence electrons. The Labute approximate surface area is 460 Å². The molecule has 0 rings (SSSR count). The van der Waals surface area contributed by atoms with Crippen LogP contribution in [0.1, 0.15) is 239 Å². The van der Waals surface area contributed by atoms with Gasteiger partial charge in [0.1, 0.15) is 13.2 Å². The summed E-state index contributed by atoms with van der Waals surface area (Å²) in [7, 11) is 0. The van der Waals surface area contributed by atoms with E-state index in [0.29, 0.717) is 6.42 Å². The maximum Gasteiger partial charge on any atom is 0.309 e. The molecular weight excluding hydrogens is 925 g/mol. The van der Waals surface area contributed by atoms with Gasteiger partial charge in [0.2, 0.25) is 0 Å². The van der Waals surface area contributed by atoms with E-state index >= 15 is 0 Å². The van der Waals surface area contributed by atoms with Crippen molar-refractivity contribution in [1.82, 2.24) is 0 Å². The fraction of sp³-hybridized carbons (Fsp3) is 0.580. The lowest BCUT2D eigenvalue weighted by Crippen LogP contribution is -2.30. The van der Waals surface area contributed by atoms with E-state index in [-0.39, 0.29) is 38.0 Å². The number of allylic oxidation sites excluding steroid dienone is 25. The number of hydrogen-bond donors (Lipinski definition) is 0. The van der Waals surface area contributed by atoms with Crippen LogP contribution in [0.2, 0.25) is 0 Å². The van der Waals surface area contributed by atoms with Crippen molar-refractivity contribution < 1.29 is 28.6 Å². The van der Waals surface area contributed by atoms with Crippen molar-refractivity contribution in [1.29, 1.82) is 0 Å². The number of unbranched alkanes of at least 4 members (excludes halogenated alkanes) is 16. The predicted molar refractivity (Wildman–Crippen MR) is 325 cm³/mol. The molecule has 0 heterocycles. The van der Waals surface area contributed by atoms with E-state index in [1.165, 1.54) is 64.2 Å². The van der Waals surface area contributed by atoms with E-state index in [2.05, 4.69) is 167 Å². The molecule has 6 heteroatoms. The average molecular weight is 1030 g/mol. The average Bonchev–Trinajstić information content (AvgIpc) is 3.41. The fourth-order valence-electron chi connectivity index (χ4n) is 7.67. The molecular formula is C69H108O6. The van der Waals surface area contributed by atoms with Crippen LogP contribution in [0.4, 0.5) is 0 Å². The van der Waals surface area contributed by atoms with E-state index in [0.717, 1.165) is 135 Å². The smallest absolute Gasteiger partial charge is 0.309 e. The van der Waals surface area contributed by atoms with E-state index in [1.54, 1.807) is 6.08 Å². The van der Waals surface area contributed by atoms with Crippen molar-refractivity contribution in [3.8, 4) is 0 Å². The Morgan fingerprint density at radius 1 is 0.280 bits per heavy atom. The van der Waals surface area contributed by atoms with Gasteiger partial charge in [-0.05, 0) is 122 Å². The third-order valence-corrected chi connectivity index (χ3v) is 12.0. The summed E-state index contributed by atoms with van der Waals surface area (Å²) in [5, 5.41) is 0. The topological polar surface area (TPSA) is 78.9 Å². The molecule has 0 N–H and O–H groups in total. The second-order valence-corrected chi connectivity index (χ2v) is 19.1. The molecule has 0 amide bonds. The molecule has 0 radical (unpaired) electrons. The number of hydrogen-bond acceptors (Lipinski definition) is 6. The molecule has 0 aliphatic heterocycles. The van der Waals surface area contributed by atoms with Gasteiger partial charge in [0.25, 0.3) is 0 Å². The standard InChI is InChI=1S/C69H108O6/c1-4-7-10-13-16-19-22-25-28-30-31-32-33-34-35-36-37-39-41-44-47-50-53-56-59-62-68(71)74-65-66(64-73-67(70)61-58-55-52-49-46-43-40-27-24-21-18-15-12-9-6-3)75-69(72)63-60-57-54-51-48-45-42-38-29-26-23-20-17-14-11-8-5-2/h7-12,16-21,25-29,31-32,40,42,45-46,49,55,58,66H,4-6,13-15,22-24,30,33-39,41,43-44,47-48,50-54,56-57,59-65H2,1-3H3/b10-7-,11-8-,12-9-,19-16-,20-17-,21-18-,28-25-,29-26-,32-31-,40-27-,45-42-,49-46-,58-55-. The minimum atomic E-state index is -0.840. The molecule has 0 aromatic heterocycles. The summed E-state index contributed by atoms with van der Waals surface area (Å²) < 4.78 is 16.8. The van der Waals surface area contributed by atoms with E-state index in [1.807, 2.05) is 6.08 Å². The highest BCUT2D eigenvalue weighted by Crippen LogP contribution is 2.15. The Balaban J connectivity index is 4.47. The van der Waals surface area contributed by atoms with Crippen LogP contribution in [0, 0.1) is 0 Å². The van der Waals surface area contributed by atoms with Gasteiger partial charge in [-0.3, -0.25) is 14.4 Å². The van der Waals surface area contributed by atoms with Gasteiger partial charge < -0.3 is 14.2 Å². The van der Waals surface area contributed by atoms with Gasteiger partial charge in [0, 0.05) is 12.8 Å². The lowest BCUT2D eigenvalue weighted by Gasteiger charge is -2.18. The molecule has 0 spiro atoms. The zero-order valence-electron chi connectivity index (χ0n) is 48.0. The second kappa shape index (κ2) is 61.6. The molecule has 0 aliphatic rings. The summed E-state index contributed by atoms with van der Waals surface area (Å²) in [4.78, 5) is 38.2. The van der Waals surface area contributed by atoms with Crippen LogP contribution in [0.15, 0.2) is 158 Å². The second-order valence-electron chi connectivity index (χ2n) is 19.1. The lowest BCUT2D eigenvalue weighted by atomic mass is 10.0. The molecule has 0 fully saturated rings. The van der Waals surface area contributed by atoms with Gasteiger partial charge in [-0.1, -0.05) is 256 Å². The highest BCUT2D eigenvalue weighted by atomic mass is 16.6. The monoisotopic (exact) mass is 1030 g/mol. The van der Waals surface area contributed by atoms with Crippen molar-refractivity contribution >= 4 is 17.9 Å².